The average Bonchev–Trinajstić information content (AvgIpc) is 3.69. The lowest BCUT2D eigenvalue weighted by Crippen LogP contribution is -2.42. The summed E-state index contributed by atoms with van der Waals surface area (Å²) in [7, 11) is 0. The van der Waals surface area contributed by atoms with Crippen LogP contribution in [0.25, 0.3) is 10.8 Å². The number of carbonyl (C=O) groups is 3. The van der Waals surface area contributed by atoms with Crippen LogP contribution >= 0.6 is 34.7 Å². The molecule has 3 amide bonds. The van der Waals surface area contributed by atoms with E-state index in [-0.39, 0.29) is 58.1 Å². The summed E-state index contributed by atoms with van der Waals surface area (Å²) in [5.74, 6) is -1.67. The van der Waals surface area contributed by atoms with Crippen molar-refractivity contribution in [2.24, 2.45) is 29.6 Å². The number of rotatable bonds is 4. The molecular weight excluding hydrogens is 578 g/mol. The van der Waals surface area contributed by atoms with Gasteiger partial charge in [0, 0.05) is 26.8 Å². The van der Waals surface area contributed by atoms with E-state index in [1.54, 1.807) is 11.8 Å². The molecule has 2 aliphatic heterocycles. The van der Waals surface area contributed by atoms with Crippen molar-refractivity contribution >= 4 is 68.9 Å². The SMILES string of the molecule is O=C(CN1C(=O)C2C3CC(C2C1=O)C1C3Sc2[nH]c(=O)sc2[C@@H]1c1ccc(Cl)cc1)Nc1ccc2ccccc2c1. The molecule has 3 heterocycles. The van der Waals surface area contributed by atoms with Crippen LogP contribution in [0, 0.1) is 29.6 Å². The summed E-state index contributed by atoms with van der Waals surface area (Å²) < 4.78 is 0. The molecule has 2 aliphatic carbocycles. The summed E-state index contributed by atoms with van der Waals surface area (Å²) in [6, 6.07) is 21.2. The van der Waals surface area contributed by atoms with Gasteiger partial charge in [0.2, 0.25) is 17.7 Å². The number of imide groups is 1. The Bertz CT molecular complexity index is 1820. The van der Waals surface area contributed by atoms with E-state index in [4.69, 9.17) is 11.6 Å². The zero-order valence-corrected chi connectivity index (χ0v) is 24.0. The Kier molecular flexibility index (Phi) is 5.75. The Morgan fingerprint density at radius 2 is 1.68 bits per heavy atom. The third-order valence-corrected chi connectivity index (χ3v) is 12.2. The van der Waals surface area contributed by atoms with Gasteiger partial charge in [-0.1, -0.05) is 65.4 Å². The van der Waals surface area contributed by atoms with Crippen LogP contribution in [0.3, 0.4) is 0 Å². The van der Waals surface area contributed by atoms with Gasteiger partial charge in [-0.3, -0.25) is 24.1 Å². The van der Waals surface area contributed by atoms with E-state index in [1.165, 1.54) is 16.2 Å². The Morgan fingerprint density at radius 1 is 0.951 bits per heavy atom. The third-order valence-electron chi connectivity index (χ3n) is 9.38. The molecule has 206 valence electrons. The number of amides is 3. The number of anilines is 1. The predicted octanol–water partition coefficient (Wildman–Crippen LogP) is 5.36. The van der Waals surface area contributed by atoms with Crippen molar-refractivity contribution in [1.82, 2.24) is 9.88 Å². The number of halogens is 1. The molecule has 7 atom stereocenters. The summed E-state index contributed by atoms with van der Waals surface area (Å²) in [6.45, 7) is -0.291. The lowest BCUT2D eigenvalue weighted by atomic mass is 9.68. The number of benzene rings is 3. The summed E-state index contributed by atoms with van der Waals surface area (Å²) in [4.78, 5) is 58.1. The third kappa shape index (κ3) is 3.86. The predicted molar refractivity (Wildman–Crippen MR) is 159 cm³/mol. The van der Waals surface area contributed by atoms with E-state index in [1.807, 2.05) is 66.7 Å². The molecule has 4 aliphatic rings. The number of thioether (sulfide) groups is 1. The van der Waals surface area contributed by atoms with Gasteiger partial charge in [-0.05, 0) is 64.8 Å². The van der Waals surface area contributed by atoms with Crippen molar-refractivity contribution < 1.29 is 14.4 Å². The highest BCUT2D eigenvalue weighted by Crippen LogP contribution is 2.68. The molecule has 1 aromatic heterocycles. The first-order valence-corrected chi connectivity index (χ1v) is 15.7. The van der Waals surface area contributed by atoms with Gasteiger partial charge in [0.25, 0.3) is 0 Å². The van der Waals surface area contributed by atoms with E-state index in [2.05, 4.69) is 10.3 Å². The molecule has 1 saturated heterocycles. The molecule has 6 unspecified atom stereocenters. The molecule has 2 saturated carbocycles. The Hall–Kier alpha value is -3.40. The number of aromatic nitrogens is 1. The highest BCUT2D eigenvalue weighted by atomic mass is 35.5. The summed E-state index contributed by atoms with van der Waals surface area (Å²) in [5, 5.41) is 6.54. The van der Waals surface area contributed by atoms with Crippen LogP contribution in [0.2, 0.25) is 5.02 Å². The van der Waals surface area contributed by atoms with E-state index in [9.17, 15) is 19.2 Å². The standard InChI is InChI=1S/C31H24ClN3O4S2/c32-17-8-5-15(6-9-17)22-23-19-12-20(26(23)40-28-27(22)41-31(39)34-28)25-24(19)29(37)35(30(25)38)13-21(36)33-18-10-7-14-3-1-2-4-16(14)11-18/h1-11,19-20,22-26H,12-13H2,(H,33,36)(H,34,39)/t19?,20?,22-,23?,24?,25?,26?/m1/s1. The van der Waals surface area contributed by atoms with Crippen molar-refractivity contribution in [3.8, 4) is 0 Å². The number of carbonyl (C=O) groups excluding carboxylic acids is 3. The fourth-order valence-electron chi connectivity index (χ4n) is 7.89. The minimum atomic E-state index is -0.435. The van der Waals surface area contributed by atoms with Crippen LogP contribution in [0.1, 0.15) is 22.8 Å². The number of fused-ring (bicyclic) bond motifs is 10. The van der Waals surface area contributed by atoms with Crippen molar-refractivity contribution in [3.63, 3.8) is 0 Å². The van der Waals surface area contributed by atoms with Gasteiger partial charge in [0.05, 0.1) is 16.9 Å². The number of nitrogens with one attached hydrogen (secondary N) is 2. The van der Waals surface area contributed by atoms with Crippen molar-refractivity contribution in [2.45, 2.75) is 22.6 Å². The van der Waals surface area contributed by atoms with Crippen LogP contribution in [-0.4, -0.2) is 39.4 Å². The van der Waals surface area contributed by atoms with Gasteiger partial charge in [-0.15, -0.1) is 11.8 Å². The van der Waals surface area contributed by atoms with Gasteiger partial charge < -0.3 is 10.3 Å². The van der Waals surface area contributed by atoms with Crippen LogP contribution in [-0.2, 0) is 14.4 Å². The monoisotopic (exact) mass is 601 g/mol. The molecule has 3 fully saturated rings. The highest BCUT2D eigenvalue weighted by Gasteiger charge is 2.69. The first-order chi connectivity index (χ1) is 19.9. The molecule has 3 aromatic carbocycles. The normalized spacial score (nSPS) is 29.5. The Labute approximate surface area is 248 Å². The summed E-state index contributed by atoms with van der Waals surface area (Å²) >= 11 is 9.07. The largest absolute Gasteiger partial charge is 0.325 e. The lowest BCUT2D eigenvalue weighted by molar-refractivity contribution is -0.143. The lowest BCUT2D eigenvalue weighted by Gasteiger charge is -2.43. The molecule has 8 rings (SSSR count). The number of H-pyrrole nitrogens is 1. The molecular formula is C31H24ClN3O4S2. The van der Waals surface area contributed by atoms with Gasteiger partial charge >= 0.3 is 4.87 Å². The van der Waals surface area contributed by atoms with Crippen LogP contribution in [0.4, 0.5) is 5.69 Å². The van der Waals surface area contributed by atoms with E-state index < -0.39 is 11.8 Å². The molecule has 41 heavy (non-hydrogen) atoms. The fourth-order valence-corrected chi connectivity index (χ4v) is 10.9. The molecule has 10 heteroatoms. The van der Waals surface area contributed by atoms with E-state index in [0.29, 0.717) is 10.7 Å². The Balaban J connectivity index is 1.07. The van der Waals surface area contributed by atoms with Gasteiger partial charge in [0.15, 0.2) is 0 Å². The second-order valence-corrected chi connectivity index (χ2v) is 14.0. The van der Waals surface area contributed by atoms with Crippen LogP contribution in [0.5, 0.6) is 0 Å². The summed E-state index contributed by atoms with van der Waals surface area (Å²) in [5.41, 5.74) is 1.69. The number of hydrogen-bond acceptors (Lipinski definition) is 6. The number of nitrogens with zero attached hydrogens (tertiary/aromatic N) is 1. The minimum absolute atomic E-state index is 0.00136. The van der Waals surface area contributed by atoms with E-state index >= 15 is 0 Å². The topological polar surface area (TPSA) is 99.3 Å². The molecule has 2 bridgehead atoms. The van der Waals surface area contributed by atoms with E-state index in [0.717, 1.165) is 32.7 Å². The number of aromatic amines is 1. The fraction of sp³-hybridized carbons (Fsp3) is 0.290. The number of likely N-dealkylation sites (tertiary alicyclic amines) is 1. The first-order valence-electron chi connectivity index (χ1n) is 13.7. The Morgan fingerprint density at radius 3 is 2.46 bits per heavy atom. The van der Waals surface area contributed by atoms with Gasteiger partial charge in [-0.2, -0.15) is 0 Å². The summed E-state index contributed by atoms with van der Waals surface area (Å²) in [6.07, 6.45) is 0.801. The van der Waals surface area contributed by atoms with Crippen LogP contribution in [0.15, 0.2) is 76.6 Å². The molecule has 0 spiro atoms. The van der Waals surface area contributed by atoms with Crippen molar-refractivity contribution in [3.05, 3.63) is 91.9 Å². The minimum Gasteiger partial charge on any atom is -0.325 e. The van der Waals surface area contributed by atoms with Gasteiger partial charge in [-0.25, -0.2) is 0 Å². The van der Waals surface area contributed by atoms with Crippen LogP contribution < -0.4 is 10.2 Å². The van der Waals surface area contributed by atoms with Crippen molar-refractivity contribution in [2.75, 3.05) is 11.9 Å². The zero-order valence-electron chi connectivity index (χ0n) is 21.6. The second-order valence-electron chi connectivity index (χ2n) is 11.4. The number of hydrogen-bond donors (Lipinski definition) is 2. The molecule has 2 N–H and O–H groups in total. The smallest absolute Gasteiger partial charge is 0.305 e. The first kappa shape index (κ1) is 25.3. The highest BCUT2D eigenvalue weighted by molar-refractivity contribution is 8.00. The maximum absolute atomic E-state index is 13.8. The maximum Gasteiger partial charge on any atom is 0.305 e. The van der Waals surface area contributed by atoms with Gasteiger partial charge in [0.1, 0.15) is 6.54 Å². The van der Waals surface area contributed by atoms with Crippen molar-refractivity contribution in [1.29, 1.82) is 0 Å². The average molecular weight is 602 g/mol. The molecule has 7 nitrogen and oxygen atoms in total. The quantitative estimate of drug-likeness (QED) is 0.307. The maximum atomic E-state index is 13.8. The molecule has 4 aromatic rings. The second kappa shape index (κ2) is 9.31. The number of thiazole rings is 1. The zero-order chi connectivity index (χ0) is 28.0. The molecule has 0 radical (unpaired) electrons.